The minimum absolute atomic E-state index is 0.829. The van der Waals surface area contributed by atoms with Crippen molar-refractivity contribution in [1.82, 2.24) is 9.19 Å². The van der Waals surface area contributed by atoms with E-state index in [-0.39, 0.29) is 0 Å². The highest BCUT2D eigenvalue weighted by Gasteiger charge is 1.83. The molecule has 0 N–H and O–H groups in total. The first-order chi connectivity index (χ1) is 3.29. The molecule has 4 heteroatoms. The Morgan fingerprint density at radius 1 is 1.71 bits per heavy atom. The van der Waals surface area contributed by atoms with Crippen LogP contribution in [0.25, 0.3) is 0 Å². The molecular weight excluding hydrogens is 128 g/mol. The van der Waals surface area contributed by atoms with Crippen LogP contribution >= 0.6 is 25.4 Å². The van der Waals surface area contributed by atoms with Crippen LogP contribution in [0.4, 0.5) is 0 Å². The molecule has 0 bridgehead atoms. The second kappa shape index (κ2) is 1.79. The Kier molecular flexibility index (Phi) is 1.30. The van der Waals surface area contributed by atoms with E-state index in [4.69, 9.17) is 0 Å². The van der Waals surface area contributed by atoms with Gasteiger partial charge in [-0.1, -0.05) is 0 Å². The van der Waals surface area contributed by atoms with E-state index in [1.54, 1.807) is 12.4 Å². The van der Waals surface area contributed by atoms with Crippen LogP contribution in [-0.2, 0) is 0 Å². The lowest BCUT2D eigenvalue weighted by Crippen LogP contribution is -1.73. The van der Waals surface area contributed by atoms with Crippen molar-refractivity contribution in [3.8, 4) is 0 Å². The Hall–Kier alpha value is -0.0900. The molecule has 0 saturated carbocycles. The standard InChI is InChI=1S/C3H4N2S2/c6-3-1-4-5(7)2-3/h1-2,6-7H. The van der Waals surface area contributed by atoms with Gasteiger partial charge in [-0.2, -0.15) is 5.10 Å². The normalized spacial score (nSPS) is 9.43. The molecule has 1 rings (SSSR count). The summed E-state index contributed by atoms with van der Waals surface area (Å²) < 4.78 is 1.41. The van der Waals surface area contributed by atoms with Crippen molar-refractivity contribution in [3.05, 3.63) is 12.4 Å². The van der Waals surface area contributed by atoms with Crippen LogP contribution < -0.4 is 0 Å². The summed E-state index contributed by atoms with van der Waals surface area (Å²) in [6, 6.07) is 0. The van der Waals surface area contributed by atoms with Crippen molar-refractivity contribution in [2.24, 2.45) is 0 Å². The Bertz CT molecular complexity index is 143. The molecule has 0 aliphatic rings. The van der Waals surface area contributed by atoms with Gasteiger partial charge in [0, 0.05) is 4.90 Å². The predicted octanol–water partition coefficient (Wildman–Crippen LogP) is 0.865. The Labute approximate surface area is 52.5 Å². The van der Waals surface area contributed by atoms with Gasteiger partial charge in [-0.05, 0) is 12.8 Å². The summed E-state index contributed by atoms with van der Waals surface area (Å²) in [7, 11) is 0. The molecule has 1 aromatic heterocycles. The highest BCUT2D eigenvalue weighted by atomic mass is 32.1. The van der Waals surface area contributed by atoms with Crippen molar-refractivity contribution in [2.45, 2.75) is 4.90 Å². The van der Waals surface area contributed by atoms with E-state index < -0.39 is 0 Å². The summed E-state index contributed by atoms with van der Waals surface area (Å²) in [6.45, 7) is 0. The van der Waals surface area contributed by atoms with Gasteiger partial charge in [0.05, 0.1) is 12.4 Å². The van der Waals surface area contributed by atoms with Gasteiger partial charge >= 0.3 is 0 Å². The minimum Gasteiger partial charge on any atom is -0.216 e. The Morgan fingerprint density at radius 2 is 2.43 bits per heavy atom. The molecule has 0 aliphatic carbocycles. The quantitative estimate of drug-likeness (QED) is 0.501. The fraction of sp³-hybridized carbons (Fsp3) is 0. The molecule has 0 saturated heterocycles. The molecule has 1 heterocycles. The summed E-state index contributed by atoms with van der Waals surface area (Å²) in [5.74, 6) is 0. The monoisotopic (exact) mass is 132 g/mol. The topological polar surface area (TPSA) is 17.8 Å². The van der Waals surface area contributed by atoms with Gasteiger partial charge in [-0.25, -0.2) is 4.09 Å². The van der Waals surface area contributed by atoms with E-state index in [2.05, 4.69) is 30.5 Å². The van der Waals surface area contributed by atoms with Gasteiger partial charge in [-0.15, -0.1) is 12.6 Å². The first kappa shape index (κ1) is 5.05. The van der Waals surface area contributed by atoms with E-state index in [0.29, 0.717) is 0 Å². The van der Waals surface area contributed by atoms with Gasteiger partial charge in [0.15, 0.2) is 0 Å². The zero-order valence-corrected chi connectivity index (χ0v) is 5.23. The third-order valence-electron chi connectivity index (χ3n) is 0.556. The number of thiol groups is 2. The van der Waals surface area contributed by atoms with E-state index in [1.807, 2.05) is 0 Å². The van der Waals surface area contributed by atoms with Gasteiger partial charge in [-0.3, -0.25) is 0 Å². The van der Waals surface area contributed by atoms with Gasteiger partial charge in [0.1, 0.15) is 0 Å². The summed E-state index contributed by atoms with van der Waals surface area (Å²) in [5, 5.41) is 3.72. The zero-order valence-electron chi connectivity index (χ0n) is 3.44. The van der Waals surface area contributed by atoms with E-state index >= 15 is 0 Å². The SMILES string of the molecule is Sc1cnn(S)c1. The van der Waals surface area contributed by atoms with Crippen LogP contribution in [0.1, 0.15) is 0 Å². The molecule has 1 aromatic rings. The maximum Gasteiger partial charge on any atom is 0.0633 e. The average Bonchev–Trinajstić information content (AvgIpc) is 1.87. The second-order valence-corrected chi connectivity index (χ2v) is 2.05. The summed E-state index contributed by atoms with van der Waals surface area (Å²) in [4.78, 5) is 0.829. The van der Waals surface area contributed by atoms with Crippen molar-refractivity contribution in [3.63, 3.8) is 0 Å². The Morgan fingerprint density at radius 3 is 2.57 bits per heavy atom. The number of hydrogen-bond donors (Lipinski definition) is 2. The second-order valence-electron chi connectivity index (χ2n) is 1.12. The van der Waals surface area contributed by atoms with Crippen molar-refractivity contribution in [2.75, 3.05) is 0 Å². The number of hydrogen-bond acceptors (Lipinski definition) is 3. The smallest absolute Gasteiger partial charge is 0.0633 e. The van der Waals surface area contributed by atoms with Crippen LogP contribution in [-0.4, -0.2) is 9.19 Å². The molecule has 0 fully saturated rings. The first-order valence-corrected chi connectivity index (χ1v) is 2.56. The van der Waals surface area contributed by atoms with Crippen LogP contribution in [0.15, 0.2) is 17.3 Å². The van der Waals surface area contributed by atoms with Crippen LogP contribution in [0.2, 0.25) is 0 Å². The van der Waals surface area contributed by atoms with E-state index in [9.17, 15) is 0 Å². The van der Waals surface area contributed by atoms with Crippen LogP contribution in [0.5, 0.6) is 0 Å². The van der Waals surface area contributed by atoms with Gasteiger partial charge in [0.2, 0.25) is 0 Å². The number of nitrogens with zero attached hydrogens (tertiary/aromatic N) is 2. The highest BCUT2D eigenvalue weighted by Crippen LogP contribution is 2.01. The molecule has 0 radical (unpaired) electrons. The minimum atomic E-state index is 0.829. The van der Waals surface area contributed by atoms with Crippen molar-refractivity contribution >= 4 is 25.4 Å². The number of rotatable bonds is 0. The lowest BCUT2D eigenvalue weighted by atomic mass is 10.7. The molecule has 0 unspecified atom stereocenters. The largest absolute Gasteiger partial charge is 0.216 e. The number of aromatic nitrogens is 2. The molecular formula is C3H4N2S2. The molecule has 0 spiro atoms. The van der Waals surface area contributed by atoms with Crippen LogP contribution in [0.3, 0.4) is 0 Å². The third kappa shape index (κ3) is 1.14. The Balaban J connectivity index is 3.04. The van der Waals surface area contributed by atoms with Crippen LogP contribution in [0, 0.1) is 0 Å². The maximum atomic E-state index is 3.97. The first-order valence-electron chi connectivity index (χ1n) is 1.72. The van der Waals surface area contributed by atoms with Gasteiger partial charge in [0.25, 0.3) is 0 Å². The van der Waals surface area contributed by atoms with Gasteiger partial charge < -0.3 is 0 Å². The average molecular weight is 132 g/mol. The van der Waals surface area contributed by atoms with E-state index in [1.165, 1.54) is 4.09 Å². The van der Waals surface area contributed by atoms with Crippen molar-refractivity contribution in [1.29, 1.82) is 0 Å². The summed E-state index contributed by atoms with van der Waals surface area (Å²) >= 11 is 7.83. The van der Waals surface area contributed by atoms with Crippen molar-refractivity contribution < 1.29 is 0 Å². The summed E-state index contributed by atoms with van der Waals surface area (Å²) in [6.07, 6.45) is 3.32. The molecule has 7 heavy (non-hydrogen) atoms. The zero-order chi connectivity index (χ0) is 5.28. The predicted molar refractivity (Wildman–Crippen MR) is 33.9 cm³/mol. The van der Waals surface area contributed by atoms with E-state index in [0.717, 1.165) is 4.90 Å². The lowest BCUT2D eigenvalue weighted by Gasteiger charge is -1.76. The highest BCUT2D eigenvalue weighted by molar-refractivity contribution is 7.80. The molecule has 0 aliphatic heterocycles. The molecule has 0 aromatic carbocycles. The lowest BCUT2D eigenvalue weighted by molar-refractivity contribution is 1.02. The fourth-order valence-electron chi connectivity index (χ4n) is 0.303. The third-order valence-corrected chi connectivity index (χ3v) is 1.01. The fourth-order valence-corrected chi connectivity index (χ4v) is 0.731. The molecule has 38 valence electrons. The molecule has 0 amide bonds. The maximum absolute atomic E-state index is 3.97. The summed E-state index contributed by atoms with van der Waals surface area (Å²) in [5.41, 5.74) is 0. The molecule has 2 nitrogen and oxygen atoms in total. The molecule has 0 atom stereocenters.